The molecular weight excluding hydrogens is 1030 g/mol. The van der Waals surface area contributed by atoms with Gasteiger partial charge in [0.1, 0.15) is 58.9 Å². The Balaban J connectivity index is 0.000000303. The van der Waals surface area contributed by atoms with Crippen LogP contribution in [0.3, 0.4) is 0 Å². The standard InChI is InChI=1S/C24BF20.C24H33N2O2/c26-5-1(6(27)14(35)21(42)13(5)34)25(2-7(28)15(36)22(43)16(37)8(2)29,3-9(30)17(38)23(44)18(39)10(3)31)4-11(32)19(40)24(45)20(41)12(4)33;1-2-3-4-5-6-7-8-9-13-16-23(27)22-19-25-17-18-26(22)20-24(28)21-14-11-10-12-15-21/h;10-12,14-15,17-19H,2-9,13,16,20H2,1H3/q-1;+1. The zero-order chi connectivity index (χ0) is 54.4. The quantitative estimate of drug-likeness (QED) is 0.0164. The number of benzene rings is 5. The molecule has 0 N–H and O–H groups in total. The molecule has 390 valence electrons. The lowest BCUT2D eigenvalue weighted by atomic mass is 9.12. The summed E-state index contributed by atoms with van der Waals surface area (Å²) in [5.41, 5.74) is -13.2. The normalized spacial score (nSPS) is 11.5. The number of Topliss-reactive ketones (excluding diaryl/α,β-unsaturated/α-hetero) is 2. The van der Waals surface area contributed by atoms with E-state index in [1.54, 1.807) is 35.3 Å². The molecule has 6 aromatic rings. The third kappa shape index (κ3) is 10.8. The van der Waals surface area contributed by atoms with E-state index >= 15 is 35.1 Å². The molecule has 0 unspecified atom stereocenters. The summed E-state index contributed by atoms with van der Waals surface area (Å²) >= 11 is 0. The third-order valence-electron chi connectivity index (χ3n) is 11.7. The highest BCUT2D eigenvalue weighted by Crippen LogP contribution is 2.31. The Morgan fingerprint density at radius 1 is 0.411 bits per heavy atom. The van der Waals surface area contributed by atoms with Crippen molar-refractivity contribution in [1.29, 1.82) is 0 Å². The van der Waals surface area contributed by atoms with Gasteiger partial charge in [0.25, 0.3) is 5.69 Å². The Labute approximate surface area is 400 Å². The number of carbonyl (C=O) groups excluding carboxylic acids is 2. The van der Waals surface area contributed by atoms with E-state index in [0.717, 1.165) is 12.8 Å². The zero-order valence-corrected chi connectivity index (χ0v) is 37.2. The summed E-state index contributed by atoms with van der Waals surface area (Å²) in [5.74, 6) is -71.3. The van der Waals surface area contributed by atoms with Gasteiger partial charge in [-0.3, -0.25) is 14.6 Å². The van der Waals surface area contributed by atoms with E-state index in [1.165, 1.54) is 44.9 Å². The fourth-order valence-electron chi connectivity index (χ4n) is 8.23. The summed E-state index contributed by atoms with van der Waals surface area (Å²) in [6.07, 6.45) is 9.25. The number of hydrogen-bond donors (Lipinski definition) is 0. The van der Waals surface area contributed by atoms with Crippen LogP contribution >= 0.6 is 0 Å². The molecule has 0 aliphatic rings. The molecule has 4 nitrogen and oxygen atoms in total. The number of rotatable bonds is 18. The maximum Gasteiger partial charge on any atom is 0.267 e. The van der Waals surface area contributed by atoms with Crippen molar-refractivity contribution in [2.24, 2.45) is 0 Å². The van der Waals surface area contributed by atoms with E-state index < -0.39 is 144 Å². The molecule has 1 heterocycles. The second-order valence-corrected chi connectivity index (χ2v) is 16.2. The van der Waals surface area contributed by atoms with Crippen LogP contribution in [-0.2, 0) is 6.54 Å². The molecule has 1 aromatic heterocycles. The zero-order valence-electron chi connectivity index (χ0n) is 37.2. The van der Waals surface area contributed by atoms with Gasteiger partial charge in [-0.2, -0.15) is 4.57 Å². The highest BCUT2D eigenvalue weighted by Gasteiger charge is 2.52. The Morgan fingerprint density at radius 2 is 0.712 bits per heavy atom. The van der Waals surface area contributed by atoms with E-state index in [2.05, 4.69) is 11.9 Å². The van der Waals surface area contributed by atoms with Gasteiger partial charge in [-0.15, -0.1) is 21.9 Å². The van der Waals surface area contributed by atoms with Crippen molar-refractivity contribution in [3.8, 4) is 0 Å². The summed E-state index contributed by atoms with van der Waals surface area (Å²) < 4.78 is 296. The Kier molecular flexibility index (Phi) is 18.6. The first kappa shape index (κ1) is 57.1. The van der Waals surface area contributed by atoms with Crippen LogP contribution in [0.25, 0.3) is 0 Å². The molecule has 0 saturated heterocycles. The van der Waals surface area contributed by atoms with Crippen LogP contribution in [-0.4, -0.2) is 22.7 Å². The van der Waals surface area contributed by atoms with E-state index in [0.29, 0.717) is 17.7 Å². The van der Waals surface area contributed by atoms with Crippen LogP contribution in [0.5, 0.6) is 0 Å². The molecule has 73 heavy (non-hydrogen) atoms. The van der Waals surface area contributed by atoms with Crippen molar-refractivity contribution in [2.75, 3.05) is 0 Å². The molecule has 0 bridgehead atoms. The van der Waals surface area contributed by atoms with Crippen molar-refractivity contribution in [3.63, 3.8) is 0 Å². The van der Waals surface area contributed by atoms with Gasteiger partial charge in [0, 0.05) is 12.0 Å². The molecule has 0 aliphatic heterocycles. The minimum Gasteiger partial charge on any atom is -0.287 e. The number of nitrogens with zero attached hydrogens (tertiary/aromatic N) is 2. The topological polar surface area (TPSA) is 50.9 Å². The molecular formula is C48H33BF20N2O2. The Hall–Kier alpha value is -6.82. The Bertz CT molecular complexity index is 2690. The first-order valence-electron chi connectivity index (χ1n) is 21.6. The fourth-order valence-corrected chi connectivity index (χ4v) is 8.23. The molecule has 0 fully saturated rings. The smallest absolute Gasteiger partial charge is 0.267 e. The lowest BCUT2D eigenvalue weighted by molar-refractivity contribution is -0.685. The summed E-state index contributed by atoms with van der Waals surface area (Å²) in [5, 5.41) is 0. The minimum absolute atomic E-state index is 0.00563. The highest BCUT2D eigenvalue weighted by atomic mass is 19.2. The van der Waals surface area contributed by atoms with Crippen molar-refractivity contribution in [1.82, 2.24) is 4.98 Å². The highest BCUT2D eigenvalue weighted by molar-refractivity contribution is 7.20. The summed E-state index contributed by atoms with van der Waals surface area (Å²) in [7, 11) is 0. The van der Waals surface area contributed by atoms with Gasteiger partial charge in [0.15, 0.2) is 76.0 Å². The third-order valence-corrected chi connectivity index (χ3v) is 11.7. The molecule has 0 saturated carbocycles. The second kappa shape index (κ2) is 23.8. The lowest BCUT2D eigenvalue weighted by Gasteiger charge is -2.44. The first-order valence-corrected chi connectivity index (χ1v) is 21.6. The van der Waals surface area contributed by atoms with Crippen molar-refractivity contribution in [2.45, 2.75) is 77.7 Å². The van der Waals surface area contributed by atoms with Crippen LogP contribution in [0, 0.1) is 116 Å². The van der Waals surface area contributed by atoms with Gasteiger partial charge in [0.2, 0.25) is 18.1 Å². The molecule has 6 rings (SSSR count). The van der Waals surface area contributed by atoms with Gasteiger partial charge in [0.05, 0.1) is 6.20 Å². The maximum atomic E-state index is 15.4. The van der Waals surface area contributed by atoms with Crippen LogP contribution in [0.15, 0.2) is 48.9 Å². The summed E-state index contributed by atoms with van der Waals surface area (Å²) in [6, 6.07) is 9.18. The van der Waals surface area contributed by atoms with Crippen LogP contribution in [0.1, 0.15) is 92.0 Å². The van der Waals surface area contributed by atoms with Crippen LogP contribution in [0.2, 0.25) is 0 Å². The predicted octanol–water partition coefficient (Wildman–Crippen LogP) is 11.2. The van der Waals surface area contributed by atoms with Gasteiger partial charge < -0.3 is 0 Å². The number of ketones is 2. The van der Waals surface area contributed by atoms with Gasteiger partial charge in [-0.05, 0) is 6.42 Å². The number of halogens is 20. The number of unbranched alkanes of at least 4 members (excludes halogenated alkanes) is 8. The number of carbonyl (C=O) groups is 2. The van der Waals surface area contributed by atoms with Crippen LogP contribution in [0.4, 0.5) is 87.8 Å². The molecule has 0 aliphatic carbocycles. The monoisotopic (exact) mass is 1060 g/mol. The summed E-state index contributed by atoms with van der Waals surface area (Å²) in [6.45, 7) is 2.39. The minimum atomic E-state index is -7.22. The van der Waals surface area contributed by atoms with Crippen molar-refractivity contribution in [3.05, 3.63) is 177 Å². The van der Waals surface area contributed by atoms with Crippen molar-refractivity contribution >= 4 is 39.6 Å². The van der Waals surface area contributed by atoms with Gasteiger partial charge >= 0.3 is 0 Å². The molecule has 25 heteroatoms. The van der Waals surface area contributed by atoms with E-state index in [-0.39, 0.29) is 18.1 Å². The second-order valence-electron chi connectivity index (χ2n) is 16.2. The SMILES string of the molecule is CCCCCCCCCCCC(=O)c1cncc[n+]1CC(=O)c1ccccc1.Fc1c(F)c(F)c([B-](c2c(F)c(F)c(F)c(F)c2F)(c2c(F)c(F)c(F)c(F)c2F)c2c(F)c(F)c(F)c(F)c2F)c(F)c1F. The largest absolute Gasteiger partial charge is 0.287 e. The number of hydrogen-bond acceptors (Lipinski definition) is 3. The number of aromatic nitrogens is 2. The summed E-state index contributed by atoms with van der Waals surface area (Å²) in [4.78, 5) is 29.2. The molecule has 0 amide bonds. The lowest BCUT2D eigenvalue weighted by Crippen LogP contribution is -2.81. The molecule has 0 radical (unpaired) electrons. The van der Waals surface area contributed by atoms with E-state index in [4.69, 9.17) is 0 Å². The molecule has 0 atom stereocenters. The predicted molar refractivity (Wildman–Crippen MR) is 221 cm³/mol. The van der Waals surface area contributed by atoms with Gasteiger partial charge in [-0.25, -0.2) is 87.8 Å². The average molecular weight is 1060 g/mol. The van der Waals surface area contributed by atoms with E-state index in [1.807, 2.05) is 18.2 Å². The fraction of sp³-hybridized carbons (Fsp3) is 0.250. The molecule has 5 aromatic carbocycles. The van der Waals surface area contributed by atoms with Crippen molar-refractivity contribution < 1.29 is 102 Å². The molecule has 0 spiro atoms. The average Bonchev–Trinajstić information content (AvgIpc) is 3.38. The van der Waals surface area contributed by atoms with E-state index in [9.17, 15) is 62.3 Å². The van der Waals surface area contributed by atoms with Crippen LogP contribution < -0.4 is 26.4 Å². The maximum absolute atomic E-state index is 15.4. The first-order chi connectivity index (χ1) is 34.4. The van der Waals surface area contributed by atoms with Gasteiger partial charge in [-0.1, -0.05) is 88.6 Å². The Morgan fingerprint density at radius 3 is 1.04 bits per heavy atom.